The molecule has 1 fully saturated rings. The van der Waals surface area contributed by atoms with Gasteiger partial charge in [0.15, 0.2) is 5.17 Å². The van der Waals surface area contributed by atoms with Crippen molar-refractivity contribution in [2.75, 3.05) is 30.8 Å². The molecule has 4 rings (SSSR count). The van der Waals surface area contributed by atoms with Crippen molar-refractivity contribution in [3.63, 3.8) is 0 Å². The van der Waals surface area contributed by atoms with E-state index < -0.39 is 0 Å². The highest BCUT2D eigenvalue weighted by Crippen LogP contribution is 2.31. The molecule has 0 aliphatic carbocycles. The van der Waals surface area contributed by atoms with E-state index >= 15 is 0 Å². The van der Waals surface area contributed by atoms with Crippen molar-refractivity contribution >= 4 is 34.6 Å². The SMILES string of the molecule is CN1CCC(CSC2=N/C(=C/c3ccccc3)C(=O)N2c2ccc(F)cc2)C1. The van der Waals surface area contributed by atoms with Gasteiger partial charge in [0.2, 0.25) is 0 Å². The van der Waals surface area contributed by atoms with Crippen LogP contribution >= 0.6 is 11.8 Å². The standard InChI is InChI=1S/C22H22FN3OS/c1-25-12-11-17(14-25)15-28-22-24-20(13-16-5-3-2-4-6-16)21(27)26(22)19-9-7-18(23)8-10-19/h2-10,13,17H,11-12,14-15H2,1H3/b20-13+. The van der Waals surface area contributed by atoms with Gasteiger partial charge in [-0.05, 0) is 61.8 Å². The third-order valence-corrected chi connectivity index (χ3v) is 6.12. The molecule has 2 heterocycles. The molecule has 1 saturated heterocycles. The number of hydrogen-bond acceptors (Lipinski definition) is 4. The summed E-state index contributed by atoms with van der Waals surface area (Å²) >= 11 is 1.60. The van der Waals surface area contributed by atoms with Gasteiger partial charge < -0.3 is 4.90 Å². The molecule has 2 aromatic carbocycles. The van der Waals surface area contributed by atoms with Gasteiger partial charge in [-0.15, -0.1) is 0 Å². The monoisotopic (exact) mass is 395 g/mol. The number of aliphatic imine (C=N–C) groups is 1. The maximum Gasteiger partial charge on any atom is 0.283 e. The summed E-state index contributed by atoms with van der Waals surface area (Å²) in [5.74, 6) is 0.995. The van der Waals surface area contributed by atoms with Gasteiger partial charge in [0, 0.05) is 12.3 Å². The predicted octanol–water partition coefficient (Wildman–Crippen LogP) is 4.25. The van der Waals surface area contributed by atoms with Crippen LogP contribution in [0.1, 0.15) is 12.0 Å². The van der Waals surface area contributed by atoms with E-state index in [0.29, 0.717) is 22.5 Å². The summed E-state index contributed by atoms with van der Waals surface area (Å²) in [5, 5.41) is 0.661. The molecule has 0 radical (unpaired) electrons. The lowest BCUT2D eigenvalue weighted by molar-refractivity contribution is -0.113. The van der Waals surface area contributed by atoms with Crippen molar-refractivity contribution in [3.8, 4) is 0 Å². The van der Waals surface area contributed by atoms with Crippen LogP contribution in [0.2, 0.25) is 0 Å². The Morgan fingerprint density at radius 3 is 2.61 bits per heavy atom. The second-order valence-electron chi connectivity index (χ2n) is 7.18. The zero-order valence-corrected chi connectivity index (χ0v) is 16.5. The van der Waals surface area contributed by atoms with Crippen LogP contribution < -0.4 is 4.90 Å². The summed E-state index contributed by atoms with van der Waals surface area (Å²) in [6.07, 6.45) is 2.96. The highest BCUT2D eigenvalue weighted by atomic mass is 32.2. The second kappa shape index (κ2) is 8.29. The van der Waals surface area contributed by atoms with Gasteiger partial charge in [-0.2, -0.15) is 0 Å². The van der Waals surface area contributed by atoms with Crippen LogP contribution in [0.4, 0.5) is 10.1 Å². The lowest BCUT2D eigenvalue weighted by Gasteiger charge is -2.19. The van der Waals surface area contributed by atoms with Gasteiger partial charge >= 0.3 is 0 Å². The molecule has 2 aliphatic heterocycles. The average molecular weight is 396 g/mol. The quantitative estimate of drug-likeness (QED) is 0.726. The largest absolute Gasteiger partial charge is 0.306 e. The Bertz CT molecular complexity index is 911. The second-order valence-corrected chi connectivity index (χ2v) is 8.17. The molecule has 1 atom stereocenters. The van der Waals surface area contributed by atoms with Crippen LogP contribution in [0.5, 0.6) is 0 Å². The fourth-order valence-electron chi connectivity index (χ4n) is 3.47. The topological polar surface area (TPSA) is 35.9 Å². The van der Waals surface area contributed by atoms with E-state index in [-0.39, 0.29) is 11.7 Å². The van der Waals surface area contributed by atoms with Crippen LogP contribution in [-0.2, 0) is 4.79 Å². The first-order valence-corrected chi connectivity index (χ1v) is 10.4. The molecule has 0 bridgehead atoms. The zero-order chi connectivity index (χ0) is 19.5. The Kier molecular flexibility index (Phi) is 5.59. The van der Waals surface area contributed by atoms with Crippen molar-refractivity contribution in [2.24, 2.45) is 10.9 Å². The van der Waals surface area contributed by atoms with Crippen LogP contribution in [-0.4, -0.2) is 41.9 Å². The molecule has 1 unspecified atom stereocenters. The number of benzene rings is 2. The molecule has 0 spiro atoms. The minimum atomic E-state index is -0.324. The Balaban J connectivity index is 1.61. The molecule has 4 nitrogen and oxygen atoms in total. The number of nitrogens with zero attached hydrogens (tertiary/aromatic N) is 3. The molecular weight excluding hydrogens is 373 g/mol. The minimum Gasteiger partial charge on any atom is -0.306 e. The fourth-order valence-corrected chi connectivity index (χ4v) is 4.61. The van der Waals surface area contributed by atoms with Crippen LogP contribution in [0.15, 0.2) is 65.3 Å². The Labute approximate surface area is 168 Å². The van der Waals surface area contributed by atoms with Gasteiger partial charge in [-0.1, -0.05) is 42.1 Å². The van der Waals surface area contributed by atoms with Crippen molar-refractivity contribution in [3.05, 3.63) is 71.7 Å². The maximum atomic E-state index is 13.4. The average Bonchev–Trinajstić information content (AvgIpc) is 3.25. The lowest BCUT2D eigenvalue weighted by atomic mass is 10.2. The summed E-state index contributed by atoms with van der Waals surface area (Å²) in [4.78, 5) is 21.6. The first-order valence-electron chi connectivity index (χ1n) is 9.37. The maximum absolute atomic E-state index is 13.4. The van der Waals surface area contributed by atoms with Gasteiger partial charge in [-0.25, -0.2) is 9.38 Å². The Hall–Kier alpha value is -2.44. The van der Waals surface area contributed by atoms with E-state index in [1.807, 2.05) is 30.3 Å². The number of anilines is 1. The van der Waals surface area contributed by atoms with E-state index in [9.17, 15) is 9.18 Å². The Morgan fingerprint density at radius 2 is 1.93 bits per heavy atom. The third kappa shape index (κ3) is 4.18. The van der Waals surface area contributed by atoms with Gasteiger partial charge in [0.1, 0.15) is 11.5 Å². The number of halogens is 1. The molecular formula is C22H22FN3OS. The third-order valence-electron chi connectivity index (χ3n) is 4.95. The van der Waals surface area contributed by atoms with E-state index in [1.165, 1.54) is 12.1 Å². The summed E-state index contributed by atoms with van der Waals surface area (Å²) in [6.45, 7) is 2.18. The minimum absolute atomic E-state index is 0.179. The molecule has 6 heteroatoms. The van der Waals surface area contributed by atoms with Crippen molar-refractivity contribution in [1.29, 1.82) is 0 Å². The van der Waals surface area contributed by atoms with Crippen LogP contribution in [0.3, 0.4) is 0 Å². The number of thioether (sulfide) groups is 1. The van der Waals surface area contributed by atoms with Gasteiger partial charge in [0.25, 0.3) is 5.91 Å². The number of amides is 1. The number of likely N-dealkylation sites (tertiary alicyclic amines) is 1. The molecule has 2 aliphatic rings. The smallest absolute Gasteiger partial charge is 0.283 e. The lowest BCUT2D eigenvalue weighted by Crippen LogP contribution is -2.31. The van der Waals surface area contributed by atoms with Gasteiger partial charge in [-0.3, -0.25) is 9.69 Å². The zero-order valence-electron chi connectivity index (χ0n) is 15.7. The first-order chi connectivity index (χ1) is 13.6. The predicted molar refractivity (Wildman–Crippen MR) is 114 cm³/mol. The van der Waals surface area contributed by atoms with Crippen LogP contribution in [0, 0.1) is 11.7 Å². The number of carbonyl (C=O) groups is 1. The number of amidine groups is 1. The van der Waals surface area contributed by atoms with E-state index in [0.717, 1.165) is 30.8 Å². The van der Waals surface area contributed by atoms with Crippen molar-refractivity contribution < 1.29 is 9.18 Å². The molecule has 1 amide bonds. The van der Waals surface area contributed by atoms with E-state index in [1.54, 1.807) is 34.9 Å². The van der Waals surface area contributed by atoms with E-state index in [2.05, 4.69) is 16.9 Å². The molecule has 0 saturated carbocycles. The molecule has 0 aromatic heterocycles. The summed E-state index contributed by atoms with van der Waals surface area (Å²) in [7, 11) is 2.13. The normalized spacial score (nSPS) is 21.6. The summed E-state index contributed by atoms with van der Waals surface area (Å²) in [5.41, 5.74) is 1.97. The molecule has 2 aromatic rings. The van der Waals surface area contributed by atoms with Gasteiger partial charge in [0.05, 0.1) is 5.69 Å². The molecule has 0 N–H and O–H groups in total. The highest BCUT2D eigenvalue weighted by molar-refractivity contribution is 8.14. The summed E-state index contributed by atoms with van der Waals surface area (Å²) in [6, 6.07) is 15.7. The fraction of sp³-hybridized carbons (Fsp3) is 0.273. The summed E-state index contributed by atoms with van der Waals surface area (Å²) < 4.78 is 13.4. The van der Waals surface area contributed by atoms with Crippen LogP contribution in [0.25, 0.3) is 6.08 Å². The first kappa shape index (κ1) is 18.9. The van der Waals surface area contributed by atoms with Crippen molar-refractivity contribution in [1.82, 2.24) is 4.90 Å². The van der Waals surface area contributed by atoms with E-state index in [4.69, 9.17) is 0 Å². The number of hydrogen-bond donors (Lipinski definition) is 0. The Morgan fingerprint density at radius 1 is 1.18 bits per heavy atom. The number of rotatable bonds is 4. The number of carbonyl (C=O) groups excluding carboxylic acids is 1. The molecule has 28 heavy (non-hydrogen) atoms. The van der Waals surface area contributed by atoms with Crippen molar-refractivity contribution in [2.45, 2.75) is 6.42 Å². The molecule has 144 valence electrons. The highest BCUT2D eigenvalue weighted by Gasteiger charge is 2.33.